The number of nitrogens with zero attached hydrogens (tertiary/aromatic N) is 2. The zero-order chi connectivity index (χ0) is 15.5. The number of aromatic nitrogens is 2. The lowest BCUT2D eigenvalue weighted by atomic mass is 10.2. The number of fused-ring (bicyclic) bond motifs is 1. The molecule has 0 bridgehead atoms. The largest absolute Gasteiger partial charge is 0.358 e. The van der Waals surface area contributed by atoms with Gasteiger partial charge in [-0.25, -0.2) is 0 Å². The van der Waals surface area contributed by atoms with Crippen molar-refractivity contribution in [3.8, 4) is 0 Å². The summed E-state index contributed by atoms with van der Waals surface area (Å²) in [6, 6.07) is 4.19. The highest BCUT2D eigenvalue weighted by molar-refractivity contribution is 7.71. The smallest absolute Gasteiger partial charge is 0.258 e. The minimum Gasteiger partial charge on any atom is -0.358 e. The van der Waals surface area contributed by atoms with Gasteiger partial charge in [-0.15, -0.1) is 11.3 Å². The first-order chi connectivity index (χ1) is 10.7. The molecule has 0 radical (unpaired) electrons. The fourth-order valence-electron chi connectivity index (χ4n) is 2.79. The van der Waals surface area contributed by atoms with Crippen molar-refractivity contribution < 1.29 is 0 Å². The fourth-order valence-corrected chi connectivity index (χ4v) is 3.77. The molecule has 1 aliphatic rings. The highest BCUT2D eigenvalue weighted by Crippen LogP contribution is 2.20. The molecule has 2 aromatic heterocycles. The van der Waals surface area contributed by atoms with Crippen LogP contribution in [-0.2, 0) is 19.5 Å². The van der Waals surface area contributed by atoms with Crippen molar-refractivity contribution in [2.75, 3.05) is 18.5 Å². The summed E-state index contributed by atoms with van der Waals surface area (Å²) >= 11 is 7.11. The van der Waals surface area contributed by atoms with E-state index in [4.69, 9.17) is 12.2 Å². The number of thiophene rings is 1. The Bertz CT molecular complexity index is 748. The van der Waals surface area contributed by atoms with Crippen molar-refractivity contribution >= 4 is 29.4 Å². The lowest BCUT2D eigenvalue weighted by Crippen LogP contribution is -2.39. The van der Waals surface area contributed by atoms with Crippen LogP contribution in [0.5, 0.6) is 0 Å². The Morgan fingerprint density at radius 2 is 2.27 bits per heavy atom. The number of H-pyrrole nitrogens is 1. The molecule has 5 nitrogen and oxygen atoms in total. The molecule has 2 N–H and O–H groups in total. The minimum absolute atomic E-state index is 0.0688. The third kappa shape index (κ3) is 3.16. The van der Waals surface area contributed by atoms with Crippen LogP contribution < -0.4 is 10.9 Å². The second-order valence-corrected chi connectivity index (χ2v) is 6.87. The summed E-state index contributed by atoms with van der Waals surface area (Å²) in [7, 11) is 0. The van der Waals surface area contributed by atoms with E-state index in [1.807, 2.05) is 4.57 Å². The van der Waals surface area contributed by atoms with Gasteiger partial charge in [-0.05, 0) is 43.1 Å². The predicted octanol–water partition coefficient (Wildman–Crippen LogP) is 2.81. The summed E-state index contributed by atoms with van der Waals surface area (Å²) in [6.07, 6.45) is 2.00. The van der Waals surface area contributed by atoms with E-state index in [9.17, 15) is 4.79 Å². The molecule has 0 aromatic carbocycles. The Morgan fingerprint density at radius 3 is 3.00 bits per heavy atom. The van der Waals surface area contributed by atoms with Gasteiger partial charge in [-0.2, -0.15) is 0 Å². The quantitative estimate of drug-likeness (QED) is 0.825. The molecule has 0 atom stereocenters. The van der Waals surface area contributed by atoms with E-state index in [1.165, 1.54) is 4.88 Å². The molecule has 0 saturated carbocycles. The van der Waals surface area contributed by atoms with Crippen molar-refractivity contribution in [1.82, 2.24) is 14.5 Å². The van der Waals surface area contributed by atoms with Crippen LogP contribution in [0.25, 0.3) is 0 Å². The fraction of sp³-hybridized carbons (Fsp3) is 0.467. The van der Waals surface area contributed by atoms with E-state index < -0.39 is 0 Å². The molecule has 2 aromatic rings. The molecule has 22 heavy (non-hydrogen) atoms. The molecule has 0 unspecified atom stereocenters. The number of nitrogens with one attached hydrogen (secondary N) is 2. The molecular formula is C15H20N4OS2. The second-order valence-electron chi connectivity index (χ2n) is 5.45. The summed E-state index contributed by atoms with van der Waals surface area (Å²) in [5.74, 6) is 0.887. The van der Waals surface area contributed by atoms with Gasteiger partial charge in [0.05, 0.1) is 12.2 Å². The zero-order valence-corrected chi connectivity index (χ0v) is 14.2. The van der Waals surface area contributed by atoms with Crippen molar-refractivity contribution in [2.45, 2.75) is 32.9 Å². The van der Waals surface area contributed by atoms with E-state index in [0.29, 0.717) is 11.3 Å². The van der Waals surface area contributed by atoms with E-state index in [1.54, 1.807) is 11.3 Å². The first-order valence-corrected chi connectivity index (χ1v) is 8.82. The van der Waals surface area contributed by atoms with Crippen molar-refractivity contribution in [1.29, 1.82) is 0 Å². The molecule has 3 heterocycles. The van der Waals surface area contributed by atoms with Gasteiger partial charge in [-0.3, -0.25) is 14.7 Å². The van der Waals surface area contributed by atoms with E-state index in [2.05, 4.69) is 39.6 Å². The van der Waals surface area contributed by atoms with Crippen LogP contribution in [0.4, 0.5) is 5.82 Å². The first kappa shape index (κ1) is 15.5. The van der Waals surface area contributed by atoms with Gasteiger partial charge in [-0.1, -0.05) is 13.0 Å². The maximum Gasteiger partial charge on any atom is 0.258 e. The van der Waals surface area contributed by atoms with E-state index >= 15 is 0 Å². The maximum absolute atomic E-state index is 12.2. The molecule has 118 valence electrons. The topological polar surface area (TPSA) is 53.1 Å². The van der Waals surface area contributed by atoms with Crippen molar-refractivity contribution in [3.05, 3.63) is 43.1 Å². The molecule has 0 fully saturated rings. The Labute approximate surface area is 138 Å². The van der Waals surface area contributed by atoms with Gasteiger partial charge in [0, 0.05) is 18.0 Å². The summed E-state index contributed by atoms with van der Waals surface area (Å²) in [5.41, 5.74) is 0.722. The number of hydrogen-bond acceptors (Lipinski definition) is 5. The first-order valence-electron chi connectivity index (χ1n) is 7.53. The zero-order valence-electron chi connectivity index (χ0n) is 12.6. The maximum atomic E-state index is 12.2. The summed E-state index contributed by atoms with van der Waals surface area (Å²) in [5, 5.41) is 5.46. The lowest BCUT2D eigenvalue weighted by Gasteiger charge is -2.30. The Kier molecular flexibility index (Phi) is 4.75. The molecule has 0 aliphatic carbocycles. The van der Waals surface area contributed by atoms with Gasteiger partial charge in [0.1, 0.15) is 5.82 Å². The molecular weight excluding hydrogens is 316 g/mol. The van der Waals surface area contributed by atoms with E-state index in [-0.39, 0.29) is 5.56 Å². The molecule has 0 saturated heterocycles. The normalized spacial score (nSPS) is 14.6. The predicted molar refractivity (Wildman–Crippen MR) is 93.1 cm³/mol. The van der Waals surface area contributed by atoms with Crippen LogP contribution in [-0.4, -0.2) is 27.7 Å². The van der Waals surface area contributed by atoms with Gasteiger partial charge in [0.2, 0.25) is 0 Å². The molecule has 0 spiro atoms. The van der Waals surface area contributed by atoms with Gasteiger partial charge in [0.15, 0.2) is 4.77 Å². The molecule has 1 aliphatic heterocycles. The van der Waals surface area contributed by atoms with Crippen LogP contribution in [0.1, 0.15) is 23.8 Å². The van der Waals surface area contributed by atoms with Crippen LogP contribution >= 0.6 is 23.6 Å². The van der Waals surface area contributed by atoms with Crippen LogP contribution in [0, 0.1) is 4.77 Å². The lowest BCUT2D eigenvalue weighted by molar-refractivity contribution is 0.272. The average Bonchev–Trinajstić information content (AvgIpc) is 3.01. The molecule has 7 heteroatoms. The monoisotopic (exact) mass is 336 g/mol. The Hall–Kier alpha value is -1.44. The van der Waals surface area contributed by atoms with E-state index in [0.717, 1.165) is 44.0 Å². The molecule has 0 amide bonds. The van der Waals surface area contributed by atoms with Gasteiger partial charge >= 0.3 is 0 Å². The van der Waals surface area contributed by atoms with Crippen LogP contribution in [0.3, 0.4) is 0 Å². The second kappa shape index (κ2) is 6.76. The Morgan fingerprint density at radius 1 is 1.41 bits per heavy atom. The third-order valence-corrected chi connectivity index (χ3v) is 5.11. The highest BCUT2D eigenvalue weighted by atomic mass is 32.1. The number of rotatable bonds is 5. The Balaban J connectivity index is 1.89. The third-order valence-electron chi connectivity index (χ3n) is 3.85. The number of aromatic amines is 1. The van der Waals surface area contributed by atoms with Gasteiger partial charge in [0.25, 0.3) is 5.56 Å². The van der Waals surface area contributed by atoms with Crippen LogP contribution in [0.2, 0.25) is 0 Å². The standard InChI is InChI=1S/C15H20N4OS2/c1-2-6-18-9-12-13(16-10-18)19(15(21)17-14(12)20)7-5-11-4-3-8-22-11/h3-4,8,16H,2,5-7,9-10H2,1H3,(H,17,20,21). The minimum atomic E-state index is -0.0688. The van der Waals surface area contributed by atoms with Crippen molar-refractivity contribution in [3.63, 3.8) is 0 Å². The number of hydrogen-bond donors (Lipinski definition) is 2. The van der Waals surface area contributed by atoms with Crippen LogP contribution in [0.15, 0.2) is 22.3 Å². The molecule has 3 rings (SSSR count). The van der Waals surface area contributed by atoms with Crippen molar-refractivity contribution in [2.24, 2.45) is 0 Å². The number of anilines is 1. The average molecular weight is 336 g/mol. The summed E-state index contributed by atoms with van der Waals surface area (Å²) in [6.45, 7) is 5.35. The highest BCUT2D eigenvalue weighted by Gasteiger charge is 2.21. The number of aryl methyl sites for hydroxylation is 1. The summed E-state index contributed by atoms with van der Waals surface area (Å²) in [4.78, 5) is 18.6. The summed E-state index contributed by atoms with van der Waals surface area (Å²) < 4.78 is 2.52. The SMILES string of the molecule is CCCN1CNc2c(c(=O)[nH]c(=S)n2CCc2cccs2)C1. The van der Waals surface area contributed by atoms with Gasteiger partial charge < -0.3 is 9.88 Å².